The molecule has 0 aromatic heterocycles. The van der Waals surface area contributed by atoms with Gasteiger partial charge in [0.15, 0.2) is 0 Å². The molecule has 5 heteroatoms. The summed E-state index contributed by atoms with van der Waals surface area (Å²) in [5, 5.41) is 3.23. The quantitative estimate of drug-likeness (QED) is 0.576. The number of nitrogens with one attached hydrogen (secondary N) is 1. The van der Waals surface area contributed by atoms with Crippen molar-refractivity contribution in [2.24, 2.45) is 5.92 Å². The average molecular weight is 287 g/mol. The van der Waals surface area contributed by atoms with Crippen molar-refractivity contribution in [1.82, 2.24) is 15.1 Å². The topological polar surface area (TPSA) is 44.8 Å². The van der Waals surface area contributed by atoms with Crippen molar-refractivity contribution in [2.45, 2.75) is 33.7 Å². The lowest BCUT2D eigenvalue weighted by atomic mass is 10.2. The van der Waals surface area contributed by atoms with E-state index in [2.05, 4.69) is 43.1 Å². The molecule has 0 spiro atoms. The molecule has 0 radical (unpaired) electrons. The monoisotopic (exact) mass is 287 g/mol. The zero-order valence-electron chi connectivity index (χ0n) is 14.1. The second kappa shape index (κ2) is 11.1. The zero-order valence-corrected chi connectivity index (χ0v) is 14.1. The van der Waals surface area contributed by atoms with E-state index in [1.807, 2.05) is 13.8 Å². The predicted molar refractivity (Wildman–Crippen MR) is 83.9 cm³/mol. The van der Waals surface area contributed by atoms with Crippen molar-refractivity contribution in [1.29, 1.82) is 0 Å². The number of rotatable bonds is 11. The third-order valence-corrected chi connectivity index (χ3v) is 2.95. The van der Waals surface area contributed by atoms with Gasteiger partial charge < -0.3 is 15.0 Å². The number of hydrogen-bond acceptors (Lipinski definition) is 5. The molecule has 0 aliphatic rings. The summed E-state index contributed by atoms with van der Waals surface area (Å²) in [7, 11) is 4.14. The third-order valence-electron chi connectivity index (χ3n) is 2.95. The van der Waals surface area contributed by atoms with Gasteiger partial charge in [-0.15, -0.1) is 0 Å². The zero-order chi connectivity index (χ0) is 15.5. The first-order valence-corrected chi connectivity index (χ1v) is 7.67. The van der Waals surface area contributed by atoms with E-state index in [9.17, 15) is 4.79 Å². The molecule has 0 aromatic carbocycles. The van der Waals surface area contributed by atoms with Crippen molar-refractivity contribution in [2.75, 3.05) is 53.4 Å². The maximum Gasteiger partial charge on any atom is 0.324 e. The largest absolute Gasteiger partial charge is 0.465 e. The van der Waals surface area contributed by atoms with E-state index in [4.69, 9.17) is 4.74 Å². The maximum absolute atomic E-state index is 12.0. The number of nitrogens with zero attached hydrogens (tertiary/aromatic N) is 2. The third kappa shape index (κ3) is 9.28. The van der Waals surface area contributed by atoms with Gasteiger partial charge in [-0.05, 0) is 33.5 Å². The van der Waals surface area contributed by atoms with Gasteiger partial charge >= 0.3 is 5.97 Å². The summed E-state index contributed by atoms with van der Waals surface area (Å²) in [6, 6.07) is -0.235. The van der Waals surface area contributed by atoms with Crippen molar-refractivity contribution in [3.63, 3.8) is 0 Å². The fourth-order valence-corrected chi connectivity index (χ4v) is 2.08. The summed E-state index contributed by atoms with van der Waals surface area (Å²) >= 11 is 0. The molecule has 0 bridgehead atoms. The second-order valence-corrected chi connectivity index (χ2v) is 5.82. The molecule has 0 rings (SSSR count). The van der Waals surface area contributed by atoms with E-state index < -0.39 is 0 Å². The van der Waals surface area contributed by atoms with Gasteiger partial charge in [0.05, 0.1) is 6.61 Å². The van der Waals surface area contributed by atoms with Gasteiger partial charge in [0.1, 0.15) is 6.04 Å². The van der Waals surface area contributed by atoms with E-state index >= 15 is 0 Å². The van der Waals surface area contributed by atoms with Gasteiger partial charge in [0.25, 0.3) is 0 Å². The Balaban J connectivity index is 4.55. The molecular weight excluding hydrogens is 254 g/mol. The molecule has 20 heavy (non-hydrogen) atoms. The minimum Gasteiger partial charge on any atom is -0.465 e. The Morgan fingerprint density at radius 3 is 2.25 bits per heavy atom. The van der Waals surface area contributed by atoms with Crippen LogP contribution in [0.4, 0.5) is 0 Å². The fourth-order valence-electron chi connectivity index (χ4n) is 2.08. The standard InChI is InChI=1S/C15H33N3O2/c1-7-16-14(15(19)20-8-2)12-18(11-13(3)4)10-9-17(5)6/h13-14,16H,7-12H2,1-6H3. The van der Waals surface area contributed by atoms with Crippen molar-refractivity contribution in [3.05, 3.63) is 0 Å². The molecule has 5 nitrogen and oxygen atoms in total. The molecule has 0 aromatic rings. The van der Waals surface area contributed by atoms with Crippen LogP contribution < -0.4 is 5.32 Å². The second-order valence-electron chi connectivity index (χ2n) is 5.82. The number of esters is 1. The van der Waals surface area contributed by atoms with Crippen LogP contribution in [0.3, 0.4) is 0 Å². The van der Waals surface area contributed by atoms with Gasteiger partial charge in [-0.2, -0.15) is 0 Å². The summed E-state index contributed by atoms with van der Waals surface area (Å²) in [4.78, 5) is 16.5. The molecular formula is C15H33N3O2. The van der Waals surface area contributed by atoms with Crippen molar-refractivity contribution < 1.29 is 9.53 Å². The highest BCUT2D eigenvalue weighted by Gasteiger charge is 2.22. The fraction of sp³-hybridized carbons (Fsp3) is 0.933. The molecule has 0 fully saturated rings. The lowest BCUT2D eigenvalue weighted by Gasteiger charge is -2.29. The lowest BCUT2D eigenvalue weighted by Crippen LogP contribution is -2.49. The van der Waals surface area contributed by atoms with Crippen molar-refractivity contribution in [3.8, 4) is 0 Å². The molecule has 1 unspecified atom stereocenters. The van der Waals surface area contributed by atoms with Crippen LogP contribution in [-0.2, 0) is 9.53 Å². The molecule has 0 amide bonds. The summed E-state index contributed by atoms with van der Waals surface area (Å²) in [5.41, 5.74) is 0. The van der Waals surface area contributed by atoms with Crippen LogP contribution >= 0.6 is 0 Å². The highest BCUT2D eigenvalue weighted by atomic mass is 16.5. The smallest absolute Gasteiger partial charge is 0.324 e. The Kier molecular flexibility index (Phi) is 10.7. The van der Waals surface area contributed by atoms with E-state index in [-0.39, 0.29) is 12.0 Å². The van der Waals surface area contributed by atoms with Gasteiger partial charge in [-0.25, -0.2) is 0 Å². The van der Waals surface area contributed by atoms with Crippen LogP contribution in [0, 0.1) is 5.92 Å². The van der Waals surface area contributed by atoms with Crippen LogP contribution in [0.25, 0.3) is 0 Å². The Bertz CT molecular complexity index is 258. The summed E-state index contributed by atoms with van der Waals surface area (Å²) in [6.45, 7) is 13.1. The van der Waals surface area contributed by atoms with Crippen LogP contribution in [0.1, 0.15) is 27.7 Å². The number of ether oxygens (including phenoxy) is 1. The molecule has 0 saturated heterocycles. The van der Waals surface area contributed by atoms with E-state index in [0.717, 1.165) is 26.2 Å². The molecule has 0 aliphatic heterocycles. The number of hydrogen-bond donors (Lipinski definition) is 1. The number of carbonyl (C=O) groups is 1. The van der Waals surface area contributed by atoms with Gasteiger partial charge in [0.2, 0.25) is 0 Å². The first-order valence-electron chi connectivity index (χ1n) is 7.67. The SMILES string of the molecule is CCNC(CN(CCN(C)C)CC(C)C)C(=O)OCC. The highest BCUT2D eigenvalue weighted by Crippen LogP contribution is 2.02. The lowest BCUT2D eigenvalue weighted by molar-refractivity contribution is -0.146. The van der Waals surface area contributed by atoms with E-state index in [0.29, 0.717) is 19.1 Å². The summed E-state index contributed by atoms with van der Waals surface area (Å²) in [5.74, 6) is 0.439. The Hall–Kier alpha value is -0.650. The van der Waals surface area contributed by atoms with E-state index in [1.165, 1.54) is 0 Å². The summed E-state index contributed by atoms with van der Waals surface area (Å²) in [6.07, 6.45) is 0. The number of likely N-dealkylation sites (N-methyl/N-ethyl adjacent to an activating group) is 2. The molecule has 0 aliphatic carbocycles. The van der Waals surface area contributed by atoms with Crippen LogP contribution in [0.5, 0.6) is 0 Å². The Morgan fingerprint density at radius 2 is 1.80 bits per heavy atom. The average Bonchev–Trinajstić information content (AvgIpc) is 2.34. The molecule has 1 N–H and O–H groups in total. The Morgan fingerprint density at radius 1 is 1.15 bits per heavy atom. The van der Waals surface area contributed by atoms with E-state index in [1.54, 1.807) is 0 Å². The minimum absolute atomic E-state index is 0.145. The summed E-state index contributed by atoms with van der Waals surface area (Å²) < 4.78 is 5.15. The predicted octanol–water partition coefficient (Wildman–Crippen LogP) is 1.05. The van der Waals surface area contributed by atoms with Gasteiger partial charge in [0, 0.05) is 26.2 Å². The molecule has 120 valence electrons. The minimum atomic E-state index is -0.235. The van der Waals surface area contributed by atoms with Crippen LogP contribution in [0.2, 0.25) is 0 Å². The maximum atomic E-state index is 12.0. The molecule has 0 saturated carbocycles. The first kappa shape index (κ1) is 19.4. The number of carbonyl (C=O) groups excluding carboxylic acids is 1. The molecule has 1 atom stereocenters. The van der Waals surface area contributed by atoms with Crippen LogP contribution in [-0.4, -0.2) is 75.2 Å². The van der Waals surface area contributed by atoms with Gasteiger partial charge in [-0.3, -0.25) is 9.69 Å². The van der Waals surface area contributed by atoms with Crippen LogP contribution in [0.15, 0.2) is 0 Å². The Labute approximate surface area is 124 Å². The highest BCUT2D eigenvalue weighted by molar-refractivity contribution is 5.76. The van der Waals surface area contributed by atoms with Gasteiger partial charge in [-0.1, -0.05) is 20.8 Å². The molecule has 0 heterocycles. The normalized spacial score (nSPS) is 13.2. The first-order chi connectivity index (χ1) is 9.40. The van der Waals surface area contributed by atoms with Crippen molar-refractivity contribution >= 4 is 5.97 Å².